The Morgan fingerprint density at radius 3 is 2.22 bits per heavy atom. The van der Waals surface area contributed by atoms with Gasteiger partial charge in [-0.2, -0.15) is 0 Å². The second-order valence-corrected chi connectivity index (χ2v) is 4.54. The van der Waals surface area contributed by atoms with Crippen LogP contribution in [0.1, 0.15) is 26.7 Å². The standard InChI is InChI=1S/C12H24N4O2/c1-3-5-10(13)11(17)15-6-8-16(9-7-15)12(18)14-4-2/h10H,3-9,13H2,1-2H3,(H,14,18)/t10-/m1/s1. The molecule has 0 aromatic rings. The maximum atomic E-state index is 12.0. The van der Waals surface area contributed by atoms with Crippen LogP contribution in [0.3, 0.4) is 0 Å². The Kier molecular flexibility index (Phi) is 5.91. The molecule has 3 N–H and O–H groups in total. The molecule has 0 radical (unpaired) electrons. The summed E-state index contributed by atoms with van der Waals surface area (Å²) < 4.78 is 0. The first-order chi connectivity index (χ1) is 8.60. The molecule has 1 aliphatic rings. The summed E-state index contributed by atoms with van der Waals surface area (Å²) in [5, 5.41) is 2.76. The number of nitrogens with two attached hydrogens (primary N) is 1. The molecule has 0 unspecified atom stereocenters. The molecule has 0 aliphatic carbocycles. The maximum absolute atomic E-state index is 12.0. The smallest absolute Gasteiger partial charge is 0.317 e. The van der Waals surface area contributed by atoms with Gasteiger partial charge in [0.15, 0.2) is 0 Å². The minimum Gasteiger partial charge on any atom is -0.338 e. The number of hydrogen-bond donors (Lipinski definition) is 2. The number of piperazine rings is 1. The molecule has 0 aromatic carbocycles. The SMILES string of the molecule is CCC[C@@H](N)C(=O)N1CCN(C(=O)NCC)CC1. The number of hydrogen-bond acceptors (Lipinski definition) is 3. The van der Waals surface area contributed by atoms with Gasteiger partial charge in [0.2, 0.25) is 5.91 Å². The van der Waals surface area contributed by atoms with Crippen molar-refractivity contribution in [3.63, 3.8) is 0 Å². The summed E-state index contributed by atoms with van der Waals surface area (Å²) in [5.41, 5.74) is 5.82. The molecule has 6 heteroatoms. The summed E-state index contributed by atoms with van der Waals surface area (Å²) in [6.07, 6.45) is 1.63. The normalized spacial score (nSPS) is 17.5. The summed E-state index contributed by atoms with van der Waals surface area (Å²) in [4.78, 5) is 27.1. The number of amides is 3. The first-order valence-electron chi connectivity index (χ1n) is 6.67. The Labute approximate surface area is 108 Å². The van der Waals surface area contributed by atoms with Crippen molar-refractivity contribution >= 4 is 11.9 Å². The molecule has 1 atom stereocenters. The highest BCUT2D eigenvalue weighted by atomic mass is 16.2. The minimum atomic E-state index is -0.397. The molecule has 0 spiro atoms. The fourth-order valence-electron chi connectivity index (χ4n) is 2.06. The number of urea groups is 1. The van der Waals surface area contributed by atoms with E-state index in [2.05, 4.69) is 5.32 Å². The van der Waals surface area contributed by atoms with E-state index in [0.717, 1.165) is 12.8 Å². The lowest BCUT2D eigenvalue weighted by Crippen LogP contribution is -2.55. The Morgan fingerprint density at radius 1 is 1.17 bits per heavy atom. The van der Waals surface area contributed by atoms with Crippen molar-refractivity contribution in [2.75, 3.05) is 32.7 Å². The molecule has 1 fully saturated rings. The molecular weight excluding hydrogens is 232 g/mol. The van der Waals surface area contributed by atoms with Crippen LogP contribution in [0.5, 0.6) is 0 Å². The van der Waals surface area contributed by atoms with Crippen LogP contribution in [0.2, 0.25) is 0 Å². The highest BCUT2D eigenvalue weighted by Gasteiger charge is 2.26. The molecule has 1 saturated heterocycles. The average molecular weight is 256 g/mol. The Hall–Kier alpha value is -1.30. The Balaban J connectivity index is 2.39. The van der Waals surface area contributed by atoms with Gasteiger partial charge in [-0.05, 0) is 13.3 Å². The van der Waals surface area contributed by atoms with Gasteiger partial charge in [0, 0.05) is 32.7 Å². The molecule has 6 nitrogen and oxygen atoms in total. The van der Waals surface area contributed by atoms with Gasteiger partial charge in [-0.15, -0.1) is 0 Å². The number of carbonyl (C=O) groups excluding carboxylic acids is 2. The lowest BCUT2D eigenvalue weighted by molar-refractivity contribution is -0.134. The van der Waals surface area contributed by atoms with Gasteiger partial charge in [0.1, 0.15) is 0 Å². The van der Waals surface area contributed by atoms with E-state index >= 15 is 0 Å². The van der Waals surface area contributed by atoms with Crippen molar-refractivity contribution < 1.29 is 9.59 Å². The van der Waals surface area contributed by atoms with Crippen LogP contribution in [-0.2, 0) is 4.79 Å². The number of rotatable bonds is 4. The first kappa shape index (κ1) is 14.8. The fourth-order valence-corrected chi connectivity index (χ4v) is 2.06. The summed E-state index contributed by atoms with van der Waals surface area (Å²) in [6, 6.07) is -0.450. The van der Waals surface area contributed by atoms with E-state index in [1.165, 1.54) is 0 Å². The van der Waals surface area contributed by atoms with E-state index in [-0.39, 0.29) is 11.9 Å². The Morgan fingerprint density at radius 2 is 1.72 bits per heavy atom. The van der Waals surface area contributed by atoms with Crippen LogP contribution in [0.4, 0.5) is 4.79 Å². The zero-order chi connectivity index (χ0) is 13.5. The van der Waals surface area contributed by atoms with Gasteiger partial charge in [0.25, 0.3) is 0 Å². The molecule has 1 rings (SSSR count). The van der Waals surface area contributed by atoms with Crippen LogP contribution in [0.25, 0.3) is 0 Å². The molecule has 18 heavy (non-hydrogen) atoms. The molecule has 0 bridgehead atoms. The van der Waals surface area contributed by atoms with E-state index < -0.39 is 6.04 Å². The first-order valence-corrected chi connectivity index (χ1v) is 6.67. The van der Waals surface area contributed by atoms with Crippen LogP contribution in [0.15, 0.2) is 0 Å². The van der Waals surface area contributed by atoms with E-state index in [1.54, 1.807) is 9.80 Å². The van der Waals surface area contributed by atoms with E-state index in [9.17, 15) is 9.59 Å². The third-order valence-corrected chi connectivity index (χ3v) is 3.12. The lowest BCUT2D eigenvalue weighted by Gasteiger charge is -2.35. The summed E-state index contributed by atoms with van der Waals surface area (Å²) in [5.74, 6) is 0.00685. The second-order valence-electron chi connectivity index (χ2n) is 4.54. The highest BCUT2D eigenvalue weighted by Crippen LogP contribution is 2.06. The predicted octanol–water partition coefficient (Wildman–Crippen LogP) is -0.0125. The van der Waals surface area contributed by atoms with Crippen molar-refractivity contribution in [2.45, 2.75) is 32.7 Å². The van der Waals surface area contributed by atoms with Crippen molar-refractivity contribution in [3.05, 3.63) is 0 Å². The molecule has 0 aromatic heterocycles. The zero-order valence-corrected chi connectivity index (χ0v) is 11.3. The van der Waals surface area contributed by atoms with Crippen molar-refractivity contribution in [1.29, 1.82) is 0 Å². The molecule has 3 amide bonds. The Bertz CT molecular complexity index is 288. The van der Waals surface area contributed by atoms with Crippen molar-refractivity contribution in [3.8, 4) is 0 Å². The van der Waals surface area contributed by atoms with E-state index in [0.29, 0.717) is 32.7 Å². The van der Waals surface area contributed by atoms with Gasteiger partial charge < -0.3 is 20.9 Å². The van der Waals surface area contributed by atoms with E-state index in [4.69, 9.17) is 5.73 Å². The van der Waals surface area contributed by atoms with Gasteiger partial charge >= 0.3 is 6.03 Å². The van der Waals surface area contributed by atoms with Crippen molar-refractivity contribution in [2.24, 2.45) is 5.73 Å². The third kappa shape index (κ3) is 3.87. The third-order valence-electron chi connectivity index (χ3n) is 3.12. The van der Waals surface area contributed by atoms with Crippen LogP contribution < -0.4 is 11.1 Å². The average Bonchev–Trinajstić information content (AvgIpc) is 2.38. The number of carbonyl (C=O) groups is 2. The maximum Gasteiger partial charge on any atom is 0.317 e. The van der Waals surface area contributed by atoms with Gasteiger partial charge in [0.05, 0.1) is 6.04 Å². The zero-order valence-electron chi connectivity index (χ0n) is 11.3. The largest absolute Gasteiger partial charge is 0.338 e. The quantitative estimate of drug-likeness (QED) is 0.742. The topological polar surface area (TPSA) is 78.7 Å². The predicted molar refractivity (Wildman–Crippen MR) is 70.1 cm³/mol. The number of nitrogens with one attached hydrogen (secondary N) is 1. The fraction of sp³-hybridized carbons (Fsp3) is 0.833. The van der Waals surface area contributed by atoms with Gasteiger partial charge in [-0.1, -0.05) is 13.3 Å². The minimum absolute atomic E-state index is 0.00685. The summed E-state index contributed by atoms with van der Waals surface area (Å²) in [7, 11) is 0. The van der Waals surface area contributed by atoms with Gasteiger partial charge in [-0.25, -0.2) is 4.79 Å². The molecule has 0 saturated carbocycles. The molecule has 104 valence electrons. The van der Waals surface area contributed by atoms with Crippen LogP contribution in [-0.4, -0.2) is 60.5 Å². The van der Waals surface area contributed by atoms with Gasteiger partial charge in [-0.3, -0.25) is 4.79 Å². The molecule has 1 heterocycles. The number of nitrogens with zero attached hydrogens (tertiary/aromatic N) is 2. The lowest BCUT2D eigenvalue weighted by atomic mass is 10.1. The monoisotopic (exact) mass is 256 g/mol. The van der Waals surface area contributed by atoms with Crippen LogP contribution >= 0.6 is 0 Å². The van der Waals surface area contributed by atoms with E-state index in [1.807, 2.05) is 13.8 Å². The highest BCUT2D eigenvalue weighted by molar-refractivity contribution is 5.82. The summed E-state index contributed by atoms with van der Waals surface area (Å²) in [6.45, 7) is 6.84. The summed E-state index contributed by atoms with van der Waals surface area (Å²) >= 11 is 0. The van der Waals surface area contributed by atoms with Crippen molar-refractivity contribution in [1.82, 2.24) is 15.1 Å². The second kappa shape index (κ2) is 7.20. The molecular formula is C12H24N4O2. The molecule has 1 aliphatic heterocycles. The van der Waals surface area contributed by atoms with Crippen LogP contribution in [0, 0.1) is 0 Å².